The molecule has 0 aliphatic carbocycles. The molecule has 2 aromatic carbocycles. The molecular formula is C22H16BrN3O. The molecule has 0 radical (unpaired) electrons. The molecule has 4 aromatic rings. The highest BCUT2D eigenvalue weighted by Crippen LogP contribution is 2.27. The van der Waals surface area contributed by atoms with Crippen LogP contribution in [-0.2, 0) is 6.54 Å². The number of benzene rings is 2. The topological polar surface area (TPSA) is 54.9 Å². The molecule has 2 heterocycles. The Morgan fingerprint density at radius 3 is 2.63 bits per heavy atom. The van der Waals surface area contributed by atoms with Crippen LogP contribution < -0.4 is 5.32 Å². The van der Waals surface area contributed by atoms with E-state index >= 15 is 0 Å². The zero-order valence-corrected chi connectivity index (χ0v) is 16.0. The Bertz CT molecular complexity index is 1100. The fraction of sp³-hybridized carbons (Fsp3) is 0.0455. The number of nitrogens with one attached hydrogen (secondary N) is 1. The summed E-state index contributed by atoms with van der Waals surface area (Å²) in [4.78, 5) is 21.8. The second-order valence-corrected chi connectivity index (χ2v) is 7.04. The second kappa shape index (κ2) is 7.68. The molecule has 132 valence electrons. The van der Waals surface area contributed by atoms with Crippen molar-refractivity contribution < 1.29 is 4.79 Å². The van der Waals surface area contributed by atoms with Crippen molar-refractivity contribution in [2.24, 2.45) is 0 Å². The molecule has 0 fully saturated rings. The predicted octanol–water partition coefficient (Wildman–Crippen LogP) is 4.99. The van der Waals surface area contributed by atoms with E-state index in [-0.39, 0.29) is 5.91 Å². The van der Waals surface area contributed by atoms with Crippen LogP contribution in [0.1, 0.15) is 15.9 Å². The van der Waals surface area contributed by atoms with E-state index in [0.29, 0.717) is 12.1 Å². The number of halogens is 1. The van der Waals surface area contributed by atoms with Gasteiger partial charge in [0.05, 0.1) is 16.8 Å². The van der Waals surface area contributed by atoms with Crippen LogP contribution in [0.5, 0.6) is 0 Å². The quantitative estimate of drug-likeness (QED) is 0.508. The monoisotopic (exact) mass is 417 g/mol. The van der Waals surface area contributed by atoms with Gasteiger partial charge in [0.1, 0.15) is 0 Å². The normalized spacial score (nSPS) is 10.7. The number of rotatable bonds is 4. The van der Waals surface area contributed by atoms with Gasteiger partial charge < -0.3 is 5.32 Å². The highest BCUT2D eigenvalue weighted by atomic mass is 79.9. The summed E-state index contributed by atoms with van der Waals surface area (Å²) in [5.41, 5.74) is 4.01. The largest absolute Gasteiger partial charge is 0.348 e. The number of fused-ring (bicyclic) bond motifs is 1. The van der Waals surface area contributed by atoms with Gasteiger partial charge in [-0.25, -0.2) is 4.98 Å². The van der Waals surface area contributed by atoms with Crippen molar-refractivity contribution in [3.8, 4) is 11.3 Å². The van der Waals surface area contributed by atoms with E-state index in [1.807, 2.05) is 66.7 Å². The third kappa shape index (κ3) is 3.88. The number of nitrogens with zero attached hydrogens (tertiary/aromatic N) is 2. The van der Waals surface area contributed by atoms with E-state index in [1.165, 1.54) is 0 Å². The average Bonchev–Trinajstić information content (AvgIpc) is 2.72. The minimum Gasteiger partial charge on any atom is -0.348 e. The van der Waals surface area contributed by atoms with Crippen LogP contribution in [0.4, 0.5) is 0 Å². The molecule has 27 heavy (non-hydrogen) atoms. The summed E-state index contributed by atoms with van der Waals surface area (Å²) in [6.07, 6.45) is 3.47. The van der Waals surface area contributed by atoms with Crippen molar-refractivity contribution in [1.82, 2.24) is 15.3 Å². The zero-order valence-electron chi connectivity index (χ0n) is 14.4. The van der Waals surface area contributed by atoms with Crippen LogP contribution >= 0.6 is 15.9 Å². The number of carbonyl (C=O) groups is 1. The SMILES string of the molecule is O=C(NCc1ccccc1)c1cc(-c2cccnc2)nc2ccc(Br)cc12. The first-order valence-corrected chi connectivity index (χ1v) is 9.33. The van der Waals surface area contributed by atoms with Gasteiger partial charge >= 0.3 is 0 Å². The first kappa shape index (κ1) is 17.4. The number of aromatic nitrogens is 2. The Morgan fingerprint density at radius 2 is 1.85 bits per heavy atom. The summed E-state index contributed by atoms with van der Waals surface area (Å²) in [5.74, 6) is -0.130. The molecule has 5 heteroatoms. The summed E-state index contributed by atoms with van der Waals surface area (Å²) < 4.78 is 0.906. The Morgan fingerprint density at radius 1 is 1.00 bits per heavy atom. The predicted molar refractivity (Wildman–Crippen MR) is 110 cm³/mol. The molecule has 0 saturated carbocycles. The number of hydrogen-bond donors (Lipinski definition) is 1. The maximum Gasteiger partial charge on any atom is 0.252 e. The van der Waals surface area contributed by atoms with Gasteiger partial charge in [-0.2, -0.15) is 0 Å². The molecule has 0 bridgehead atoms. The van der Waals surface area contributed by atoms with Crippen LogP contribution in [0.25, 0.3) is 22.2 Å². The maximum absolute atomic E-state index is 13.0. The number of hydrogen-bond acceptors (Lipinski definition) is 3. The molecule has 0 atom stereocenters. The summed E-state index contributed by atoms with van der Waals surface area (Å²) >= 11 is 3.49. The van der Waals surface area contributed by atoms with Crippen molar-refractivity contribution in [1.29, 1.82) is 0 Å². The lowest BCUT2D eigenvalue weighted by atomic mass is 10.0. The molecule has 1 amide bonds. The van der Waals surface area contributed by atoms with Gasteiger partial charge in [0.25, 0.3) is 5.91 Å². The fourth-order valence-electron chi connectivity index (χ4n) is 2.92. The molecule has 0 spiro atoms. The van der Waals surface area contributed by atoms with Gasteiger partial charge in [-0.3, -0.25) is 9.78 Å². The first-order valence-electron chi connectivity index (χ1n) is 8.53. The highest BCUT2D eigenvalue weighted by molar-refractivity contribution is 9.10. The standard InChI is InChI=1S/C22H16BrN3O/c23-17-8-9-20-18(11-17)19(12-21(26-20)16-7-4-10-24-14-16)22(27)25-13-15-5-2-1-3-6-15/h1-12,14H,13H2,(H,25,27). The minimum atomic E-state index is -0.130. The van der Waals surface area contributed by atoms with Crippen LogP contribution in [0.2, 0.25) is 0 Å². The zero-order chi connectivity index (χ0) is 18.6. The second-order valence-electron chi connectivity index (χ2n) is 6.13. The van der Waals surface area contributed by atoms with Gasteiger partial charge in [-0.05, 0) is 42.0 Å². The number of carbonyl (C=O) groups excluding carboxylic acids is 1. The molecule has 0 aliphatic heterocycles. The molecule has 0 aliphatic rings. The van der Waals surface area contributed by atoms with E-state index < -0.39 is 0 Å². The van der Waals surface area contributed by atoms with Crippen LogP contribution in [0, 0.1) is 0 Å². The molecule has 2 aromatic heterocycles. The van der Waals surface area contributed by atoms with Crippen molar-refractivity contribution >= 4 is 32.7 Å². The smallest absolute Gasteiger partial charge is 0.252 e. The Labute approximate surface area is 165 Å². The van der Waals surface area contributed by atoms with E-state index in [0.717, 1.165) is 32.2 Å². The molecular weight excluding hydrogens is 402 g/mol. The third-order valence-electron chi connectivity index (χ3n) is 4.27. The fourth-order valence-corrected chi connectivity index (χ4v) is 3.28. The number of pyridine rings is 2. The lowest BCUT2D eigenvalue weighted by Crippen LogP contribution is -2.23. The minimum absolute atomic E-state index is 0.130. The van der Waals surface area contributed by atoms with Crippen molar-refractivity contribution in [3.63, 3.8) is 0 Å². The van der Waals surface area contributed by atoms with Crippen LogP contribution in [0.3, 0.4) is 0 Å². The summed E-state index contributed by atoms with van der Waals surface area (Å²) in [6.45, 7) is 0.472. The average molecular weight is 418 g/mol. The number of amides is 1. The van der Waals surface area contributed by atoms with Crippen molar-refractivity contribution in [3.05, 3.63) is 94.7 Å². The van der Waals surface area contributed by atoms with Gasteiger partial charge in [0, 0.05) is 34.4 Å². The molecule has 0 saturated heterocycles. The van der Waals surface area contributed by atoms with E-state index in [4.69, 9.17) is 4.98 Å². The van der Waals surface area contributed by atoms with Crippen molar-refractivity contribution in [2.75, 3.05) is 0 Å². The summed E-state index contributed by atoms with van der Waals surface area (Å²) in [7, 11) is 0. The third-order valence-corrected chi connectivity index (χ3v) is 4.76. The molecule has 4 rings (SSSR count). The maximum atomic E-state index is 13.0. The lowest BCUT2D eigenvalue weighted by molar-refractivity contribution is 0.0952. The summed E-state index contributed by atoms with van der Waals surface area (Å²) in [5, 5.41) is 3.82. The van der Waals surface area contributed by atoms with Gasteiger partial charge in [-0.1, -0.05) is 46.3 Å². The Hall–Kier alpha value is -3.05. The van der Waals surface area contributed by atoms with E-state index in [9.17, 15) is 4.79 Å². The molecule has 1 N–H and O–H groups in total. The van der Waals surface area contributed by atoms with Gasteiger partial charge in [-0.15, -0.1) is 0 Å². The Balaban J connectivity index is 1.75. The molecule has 4 nitrogen and oxygen atoms in total. The Kier molecular flexibility index (Phi) is 4.94. The van der Waals surface area contributed by atoms with Crippen LogP contribution in [0.15, 0.2) is 83.6 Å². The van der Waals surface area contributed by atoms with Crippen LogP contribution in [-0.4, -0.2) is 15.9 Å². The van der Waals surface area contributed by atoms with Crippen molar-refractivity contribution in [2.45, 2.75) is 6.54 Å². The highest BCUT2D eigenvalue weighted by Gasteiger charge is 2.14. The molecule has 0 unspecified atom stereocenters. The van der Waals surface area contributed by atoms with E-state index in [1.54, 1.807) is 12.4 Å². The lowest BCUT2D eigenvalue weighted by Gasteiger charge is -2.11. The summed E-state index contributed by atoms with van der Waals surface area (Å²) in [6, 6.07) is 21.2. The first-order chi connectivity index (χ1) is 13.2. The van der Waals surface area contributed by atoms with Gasteiger partial charge in [0.15, 0.2) is 0 Å². The van der Waals surface area contributed by atoms with Gasteiger partial charge in [0.2, 0.25) is 0 Å². The van der Waals surface area contributed by atoms with E-state index in [2.05, 4.69) is 26.2 Å².